The molecule has 176 valence electrons. The number of nitrogens with zero attached hydrogens (tertiary/aromatic N) is 3. The third-order valence-electron chi connectivity index (χ3n) is 4.33. The normalized spacial score (nSPS) is 11.5. The molecule has 0 spiro atoms. The first-order valence-corrected chi connectivity index (χ1v) is 10.1. The SMILES string of the molecule is CCCOc1ncccc1Oc1c(Cl)cc(F)c(-n2c(=O)cc(C(F)(F)F)n(C)c2=O)c1Cl. The molecule has 33 heavy (non-hydrogen) atoms. The number of alkyl halides is 3. The van der Waals surface area contributed by atoms with Crippen molar-refractivity contribution in [3.05, 3.63) is 72.9 Å². The minimum Gasteiger partial charge on any atom is -0.475 e. The fourth-order valence-electron chi connectivity index (χ4n) is 2.84. The molecule has 0 N–H and O–H groups in total. The lowest BCUT2D eigenvalue weighted by molar-refractivity contribution is -0.144. The summed E-state index contributed by atoms with van der Waals surface area (Å²) in [6, 6.07) is 3.84. The van der Waals surface area contributed by atoms with Gasteiger partial charge in [0.2, 0.25) is 0 Å². The monoisotopic (exact) mass is 507 g/mol. The van der Waals surface area contributed by atoms with Crippen LogP contribution in [0, 0.1) is 5.82 Å². The van der Waals surface area contributed by atoms with E-state index in [1.807, 2.05) is 6.92 Å². The maximum absolute atomic E-state index is 14.8. The van der Waals surface area contributed by atoms with Crippen LogP contribution < -0.4 is 20.7 Å². The van der Waals surface area contributed by atoms with Crippen LogP contribution in [-0.4, -0.2) is 20.7 Å². The van der Waals surface area contributed by atoms with Gasteiger partial charge in [-0.1, -0.05) is 30.1 Å². The Balaban J connectivity index is 2.21. The van der Waals surface area contributed by atoms with E-state index in [0.717, 1.165) is 7.05 Å². The summed E-state index contributed by atoms with van der Waals surface area (Å²) in [4.78, 5) is 29.0. The van der Waals surface area contributed by atoms with E-state index in [-0.39, 0.29) is 37.6 Å². The van der Waals surface area contributed by atoms with E-state index in [4.69, 9.17) is 32.7 Å². The van der Waals surface area contributed by atoms with E-state index in [0.29, 0.717) is 19.1 Å². The van der Waals surface area contributed by atoms with Gasteiger partial charge < -0.3 is 9.47 Å². The van der Waals surface area contributed by atoms with Crippen LogP contribution >= 0.6 is 23.2 Å². The molecule has 0 amide bonds. The molecule has 0 aliphatic heterocycles. The molecule has 3 aromatic rings. The molecule has 0 saturated heterocycles. The van der Waals surface area contributed by atoms with Gasteiger partial charge in [-0.2, -0.15) is 13.2 Å². The second kappa shape index (κ2) is 9.44. The van der Waals surface area contributed by atoms with Gasteiger partial charge in [0.1, 0.15) is 16.4 Å². The summed E-state index contributed by atoms with van der Waals surface area (Å²) >= 11 is 12.3. The molecular formula is C20H15Cl2F4N3O4. The molecule has 2 aromatic heterocycles. The first kappa shape index (κ1) is 24.6. The molecule has 0 aliphatic rings. The maximum atomic E-state index is 14.8. The highest BCUT2D eigenvalue weighted by atomic mass is 35.5. The first-order chi connectivity index (χ1) is 15.5. The third kappa shape index (κ3) is 4.83. The average Bonchev–Trinajstić information content (AvgIpc) is 2.74. The van der Waals surface area contributed by atoms with Gasteiger partial charge in [0.25, 0.3) is 11.4 Å². The number of benzene rings is 1. The lowest BCUT2D eigenvalue weighted by atomic mass is 10.2. The van der Waals surface area contributed by atoms with E-state index in [2.05, 4.69) is 4.98 Å². The zero-order valence-corrected chi connectivity index (χ0v) is 18.6. The lowest BCUT2D eigenvalue weighted by Crippen LogP contribution is -2.41. The van der Waals surface area contributed by atoms with E-state index in [9.17, 15) is 27.2 Å². The summed E-state index contributed by atoms with van der Waals surface area (Å²) < 4.78 is 65.6. The second-order valence-corrected chi connectivity index (χ2v) is 7.42. The second-order valence-electron chi connectivity index (χ2n) is 6.63. The standard InChI is InChI=1S/C20H15Cl2F4N3O4/c1-3-7-32-18-12(5-4-6-27-18)33-17-10(21)8-11(23)16(15(17)22)29-14(30)9-13(20(24,25)26)28(2)19(29)31/h4-6,8-9H,3,7H2,1-2H3. The summed E-state index contributed by atoms with van der Waals surface area (Å²) in [6.07, 6.45) is -2.89. The van der Waals surface area contributed by atoms with Gasteiger partial charge in [0.05, 0.1) is 11.6 Å². The third-order valence-corrected chi connectivity index (χ3v) is 4.96. The molecular weight excluding hydrogens is 493 g/mol. The summed E-state index contributed by atoms with van der Waals surface area (Å²) in [6.45, 7) is 2.17. The smallest absolute Gasteiger partial charge is 0.431 e. The van der Waals surface area contributed by atoms with Crippen molar-refractivity contribution < 1.29 is 27.0 Å². The Labute approximate surface area is 193 Å². The highest BCUT2D eigenvalue weighted by Crippen LogP contribution is 2.42. The van der Waals surface area contributed by atoms with E-state index in [1.54, 1.807) is 0 Å². The highest BCUT2D eigenvalue weighted by molar-refractivity contribution is 6.38. The van der Waals surface area contributed by atoms with Crippen LogP contribution in [0.5, 0.6) is 17.4 Å². The molecule has 0 radical (unpaired) electrons. The van der Waals surface area contributed by atoms with Crippen LogP contribution in [0.4, 0.5) is 17.6 Å². The summed E-state index contributed by atoms with van der Waals surface area (Å²) in [5.41, 5.74) is -5.26. The molecule has 0 unspecified atom stereocenters. The Kier molecular flexibility index (Phi) is 7.03. The van der Waals surface area contributed by atoms with Crippen LogP contribution in [0.25, 0.3) is 5.69 Å². The predicted molar refractivity (Wildman–Crippen MR) is 112 cm³/mol. The van der Waals surface area contributed by atoms with Crippen molar-refractivity contribution in [2.75, 3.05) is 6.61 Å². The van der Waals surface area contributed by atoms with E-state index >= 15 is 0 Å². The number of hydrogen-bond donors (Lipinski definition) is 0. The Bertz CT molecular complexity index is 1320. The topological polar surface area (TPSA) is 75.3 Å². The summed E-state index contributed by atoms with van der Waals surface area (Å²) in [5.74, 6) is -1.48. The van der Waals surface area contributed by atoms with Crippen molar-refractivity contribution >= 4 is 23.2 Å². The Morgan fingerprint density at radius 2 is 1.88 bits per heavy atom. The van der Waals surface area contributed by atoms with Gasteiger partial charge in [0.15, 0.2) is 17.3 Å². The molecule has 3 rings (SSSR count). The largest absolute Gasteiger partial charge is 0.475 e. The van der Waals surface area contributed by atoms with E-state index < -0.39 is 39.6 Å². The summed E-state index contributed by atoms with van der Waals surface area (Å²) in [5, 5.41) is -0.951. The fourth-order valence-corrected chi connectivity index (χ4v) is 3.43. The lowest BCUT2D eigenvalue weighted by Gasteiger charge is -2.18. The highest BCUT2D eigenvalue weighted by Gasteiger charge is 2.35. The number of ether oxygens (including phenoxy) is 2. The van der Waals surface area contributed by atoms with Crippen molar-refractivity contribution in [1.82, 2.24) is 14.1 Å². The van der Waals surface area contributed by atoms with Gasteiger partial charge in [-0.3, -0.25) is 9.36 Å². The van der Waals surface area contributed by atoms with Crippen LogP contribution in [0.3, 0.4) is 0 Å². The zero-order valence-electron chi connectivity index (χ0n) is 17.0. The number of hydrogen-bond acceptors (Lipinski definition) is 5. The molecule has 0 aliphatic carbocycles. The van der Waals surface area contributed by atoms with Gasteiger partial charge in [-0.15, -0.1) is 0 Å². The van der Waals surface area contributed by atoms with Crippen molar-refractivity contribution in [2.24, 2.45) is 7.05 Å². The van der Waals surface area contributed by atoms with Gasteiger partial charge in [-0.25, -0.2) is 18.7 Å². The quantitative estimate of drug-likeness (QED) is 0.440. The van der Waals surface area contributed by atoms with Gasteiger partial charge >= 0.3 is 11.9 Å². The number of halogens is 6. The molecule has 2 heterocycles. The molecule has 0 fully saturated rings. The van der Waals surface area contributed by atoms with Crippen molar-refractivity contribution in [3.63, 3.8) is 0 Å². The van der Waals surface area contributed by atoms with Crippen molar-refractivity contribution in [2.45, 2.75) is 19.5 Å². The van der Waals surface area contributed by atoms with Crippen LogP contribution in [0.15, 0.2) is 40.1 Å². The van der Waals surface area contributed by atoms with Gasteiger partial charge in [-0.05, 0) is 24.6 Å². The average molecular weight is 508 g/mol. The number of rotatable bonds is 6. The maximum Gasteiger partial charge on any atom is 0.431 e. The minimum atomic E-state index is -4.99. The summed E-state index contributed by atoms with van der Waals surface area (Å²) in [7, 11) is 0.785. The zero-order chi connectivity index (χ0) is 24.5. The van der Waals surface area contributed by atoms with E-state index in [1.165, 1.54) is 18.3 Å². The first-order valence-electron chi connectivity index (χ1n) is 9.31. The van der Waals surface area contributed by atoms with Crippen LogP contribution in [0.1, 0.15) is 19.0 Å². The number of pyridine rings is 1. The predicted octanol–water partition coefficient (Wildman–Crippen LogP) is 4.98. The Morgan fingerprint density at radius 1 is 1.18 bits per heavy atom. The van der Waals surface area contributed by atoms with Crippen molar-refractivity contribution in [1.29, 1.82) is 0 Å². The van der Waals surface area contributed by atoms with Gasteiger partial charge in [0, 0.05) is 19.3 Å². The Hall–Kier alpha value is -3.05. The molecule has 0 bridgehead atoms. The number of aromatic nitrogens is 3. The molecule has 13 heteroatoms. The van der Waals surface area contributed by atoms with Crippen LogP contribution in [-0.2, 0) is 13.2 Å². The molecule has 1 aromatic carbocycles. The molecule has 7 nitrogen and oxygen atoms in total. The Morgan fingerprint density at radius 3 is 2.52 bits per heavy atom. The molecule has 0 saturated carbocycles. The molecule has 0 atom stereocenters. The van der Waals surface area contributed by atoms with Crippen LogP contribution in [0.2, 0.25) is 10.0 Å². The fraction of sp³-hybridized carbons (Fsp3) is 0.250. The minimum absolute atomic E-state index is 0.0416. The van der Waals surface area contributed by atoms with Crippen molar-refractivity contribution in [3.8, 4) is 23.1 Å².